The number of likely N-dealkylation sites (N-methyl/N-ethyl adjacent to an activating group) is 1. The highest BCUT2D eigenvalue weighted by Crippen LogP contribution is 2.36. The zero-order valence-electron chi connectivity index (χ0n) is 14.9. The maximum Gasteiger partial charge on any atom is 0.281 e. The zero-order chi connectivity index (χ0) is 18.9. The number of carbonyl (C=O) groups excluding carboxylic acids is 2. The predicted molar refractivity (Wildman–Crippen MR) is 94.9 cm³/mol. The van der Waals surface area contributed by atoms with Crippen molar-refractivity contribution in [1.29, 1.82) is 0 Å². The van der Waals surface area contributed by atoms with Crippen molar-refractivity contribution in [3.63, 3.8) is 0 Å². The second-order valence-corrected chi connectivity index (χ2v) is 5.88. The van der Waals surface area contributed by atoms with Crippen LogP contribution in [0.5, 0.6) is 17.2 Å². The van der Waals surface area contributed by atoms with Gasteiger partial charge in [-0.05, 0) is 19.1 Å². The molecule has 0 aliphatic carbocycles. The van der Waals surface area contributed by atoms with Crippen LogP contribution in [0.4, 0.5) is 11.5 Å². The van der Waals surface area contributed by atoms with E-state index in [4.69, 9.17) is 14.2 Å². The molecule has 1 atom stereocenters. The molecule has 0 radical (unpaired) electrons. The average Bonchev–Trinajstić information content (AvgIpc) is 2.65. The number of hydrogen-bond donors (Lipinski definition) is 1. The number of ether oxygens (including phenoxy) is 3. The summed E-state index contributed by atoms with van der Waals surface area (Å²) in [6.45, 7) is 1.43. The first-order chi connectivity index (χ1) is 12.4. The average molecular weight is 357 g/mol. The lowest BCUT2D eigenvalue weighted by Crippen LogP contribution is -2.60. The van der Waals surface area contributed by atoms with Gasteiger partial charge in [0.15, 0.2) is 11.6 Å². The molecule has 1 aliphatic rings. The van der Waals surface area contributed by atoms with E-state index < -0.39 is 17.4 Å². The van der Waals surface area contributed by atoms with Crippen molar-refractivity contribution in [1.82, 2.24) is 4.98 Å². The Kier molecular flexibility index (Phi) is 4.41. The van der Waals surface area contributed by atoms with Crippen molar-refractivity contribution in [2.24, 2.45) is 0 Å². The van der Waals surface area contributed by atoms with Crippen LogP contribution in [0.25, 0.3) is 0 Å². The third-order valence-electron chi connectivity index (χ3n) is 4.14. The largest absolute Gasteiger partial charge is 0.497 e. The standard InChI is InChI=1S/C18H19N3O5/c1-18(17(23)21(2)15-14(26-18)6-5-7-19-15)16(22)20-11-8-12(24-3)10-13(9-11)25-4/h5-10H,1-4H3,(H,20,22). The van der Waals surface area contributed by atoms with Gasteiger partial charge in [0.2, 0.25) is 0 Å². The summed E-state index contributed by atoms with van der Waals surface area (Å²) in [6, 6.07) is 8.25. The minimum absolute atomic E-state index is 0.357. The highest BCUT2D eigenvalue weighted by molar-refractivity contribution is 6.19. The summed E-state index contributed by atoms with van der Waals surface area (Å²) >= 11 is 0. The van der Waals surface area contributed by atoms with Gasteiger partial charge in [-0.3, -0.25) is 14.5 Å². The summed E-state index contributed by atoms with van der Waals surface area (Å²) in [4.78, 5) is 31.0. The molecule has 1 unspecified atom stereocenters. The maximum atomic E-state index is 12.9. The second-order valence-electron chi connectivity index (χ2n) is 5.88. The molecule has 3 rings (SSSR count). The van der Waals surface area contributed by atoms with E-state index in [1.807, 2.05) is 0 Å². The number of rotatable bonds is 4. The number of nitrogens with one attached hydrogen (secondary N) is 1. The smallest absolute Gasteiger partial charge is 0.281 e. The van der Waals surface area contributed by atoms with Crippen LogP contribution in [0, 0.1) is 0 Å². The van der Waals surface area contributed by atoms with Crippen molar-refractivity contribution < 1.29 is 23.8 Å². The summed E-state index contributed by atoms with van der Waals surface area (Å²) < 4.78 is 16.1. The van der Waals surface area contributed by atoms with E-state index >= 15 is 0 Å². The minimum atomic E-state index is -1.74. The SMILES string of the molecule is COc1cc(NC(=O)C2(C)Oc3cccnc3N(C)C2=O)cc(OC)c1. The Morgan fingerprint density at radius 3 is 2.50 bits per heavy atom. The fourth-order valence-electron chi connectivity index (χ4n) is 2.67. The van der Waals surface area contributed by atoms with Crippen molar-refractivity contribution in [2.45, 2.75) is 12.5 Å². The van der Waals surface area contributed by atoms with Gasteiger partial charge >= 0.3 is 0 Å². The number of benzene rings is 1. The number of nitrogens with zero attached hydrogens (tertiary/aromatic N) is 2. The van der Waals surface area contributed by atoms with Gasteiger partial charge in [-0.1, -0.05) is 0 Å². The first-order valence-electron chi connectivity index (χ1n) is 7.85. The van der Waals surface area contributed by atoms with Gasteiger partial charge < -0.3 is 19.5 Å². The molecule has 0 bridgehead atoms. The maximum absolute atomic E-state index is 12.9. The number of anilines is 2. The first kappa shape index (κ1) is 17.5. The van der Waals surface area contributed by atoms with Crippen LogP contribution >= 0.6 is 0 Å². The molecule has 136 valence electrons. The summed E-state index contributed by atoms with van der Waals surface area (Å²) in [5, 5.41) is 2.69. The van der Waals surface area contributed by atoms with Gasteiger partial charge in [0.1, 0.15) is 11.5 Å². The van der Waals surface area contributed by atoms with Gasteiger partial charge in [0.05, 0.1) is 14.2 Å². The van der Waals surface area contributed by atoms with Crippen LogP contribution in [0.1, 0.15) is 6.92 Å². The quantitative estimate of drug-likeness (QED) is 0.840. The van der Waals surface area contributed by atoms with Gasteiger partial charge in [0.25, 0.3) is 17.4 Å². The van der Waals surface area contributed by atoms with E-state index in [9.17, 15) is 9.59 Å². The molecule has 0 saturated carbocycles. The molecule has 0 fully saturated rings. The normalized spacial score (nSPS) is 18.6. The van der Waals surface area contributed by atoms with Crippen LogP contribution in [0.2, 0.25) is 0 Å². The lowest BCUT2D eigenvalue weighted by Gasteiger charge is -2.36. The fraction of sp³-hybridized carbons (Fsp3) is 0.278. The number of amides is 2. The van der Waals surface area contributed by atoms with E-state index in [-0.39, 0.29) is 0 Å². The molecule has 26 heavy (non-hydrogen) atoms. The van der Waals surface area contributed by atoms with Crippen LogP contribution in [0.15, 0.2) is 36.5 Å². The van der Waals surface area contributed by atoms with Crippen molar-refractivity contribution >= 4 is 23.3 Å². The molecule has 1 aliphatic heterocycles. The van der Waals surface area contributed by atoms with Crippen LogP contribution in [-0.2, 0) is 9.59 Å². The van der Waals surface area contributed by atoms with Crippen LogP contribution in [0.3, 0.4) is 0 Å². The fourth-order valence-corrected chi connectivity index (χ4v) is 2.67. The third kappa shape index (κ3) is 2.90. The Bertz CT molecular complexity index is 847. The predicted octanol–water partition coefficient (Wildman–Crippen LogP) is 1.85. The molecule has 1 aromatic heterocycles. The number of aromatic nitrogens is 1. The molecule has 2 aromatic rings. The number of pyridine rings is 1. The van der Waals surface area contributed by atoms with Gasteiger partial charge in [-0.2, -0.15) is 0 Å². The van der Waals surface area contributed by atoms with Gasteiger partial charge in [-0.15, -0.1) is 0 Å². The van der Waals surface area contributed by atoms with E-state index in [2.05, 4.69) is 10.3 Å². The van der Waals surface area contributed by atoms with Crippen molar-refractivity contribution in [3.05, 3.63) is 36.5 Å². The highest BCUT2D eigenvalue weighted by Gasteiger charge is 2.50. The summed E-state index contributed by atoms with van der Waals surface area (Å²) in [7, 11) is 4.57. The molecule has 0 spiro atoms. The van der Waals surface area contributed by atoms with E-state index in [0.29, 0.717) is 28.8 Å². The van der Waals surface area contributed by atoms with Gasteiger partial charge in [-0.25, -0.2) is 4.98 Å². The Hall–Kier alpha value is -3.29. The Morgan fingerprint density at radius 2 is 1.88 bits per heavy atom. The lowest BCUT2D eigenvalue weighted by molar-refractivity contribution is -0.145. The molecule has 2 heterocycles. The highest BCUT2D eigenvalue weighted by atomic mass is 16.5. The second kappa shape index (κ2) is 6.55. The number of hydrogen-bond acceptors (Lipinski definition) is 6. The number of carbonyl (C=O) groups is 2. The van der Waals surface area contributed by atoms with Gasteiger partial charge in [0, 0.05) is 37.1 Å². The summed E-state index contributed by atoms with van der Waals surface area (Å²) in [5.74, 6) is 0.608. The summed E-state index contributed by atoms with van der Waals surface area (Å²) in [5.41, 5.74) is -1.32. The van der Waals surface area contributed by atoms with Crippen LogP contribution < -0.4 is 24.4 Å². The molecule has 1 aromatic carbocycles. The topological polar surface area (TPSA) is 90.0 Å². The zero-order valence-corrected chi connectivity index (χ0v) is 14.9. The number of fused-ring (bicyclic) bond motifs is 1. The van der Waals surface area contributed by atoms with E-state index in [1.165, 1.54) is 26.0 Å². The lowest BCUT2D eigenvalue weighted by atomic mass is 10.0. The number of methoxy groups -OCH3 is 2. The molecular weight excluding hydrogens is 338 g/mol. The van der Waals surface area contributed by atoms with Crippen molar-refractivity contribution in [3.8, 4) is 17.2 Å². The Labute approximate surface area is 150 Å². The molecular formula is C18H19N3O5. The molecule has 8 nitrogen and oxygen atoms in total. The summed E-state index contributed by atoms with van der Waals surface area (Å²) in [6.07, 6.45) is 1.55. The van der Waals surface area contributed by atoms with E-state index in [1.54, 1.807) is 43.6 Å². The van der Waals surface area contributed by atoms with Crippen LogP contribution in [-0.4, -0.2) is 43.7 Å². The third-order valence-corrected chi connectivity index (χ3v) is 4.14. The minimum Gasteiger partial charge on any atom is -0.497 e. The monoisotopic (exact) mass is 357 g/mol. The molecule has 0 saturated heterocycles. The first-order valence-corrected chi connectivity index (χ1v) is 7.85. The molecule has 8 heteroatoms. The Morgan fingerprint density at radius 1 is 1.23 bits per heavy atom. The van der Waals surface area contributed by atoms with E-state index in [0.717, 1.165) is 0 Å². The Balaban J connectivity index is 1.91. The van der Waals surface area contributed by atoms with Crippen molar-refractivity contribution in [2.75, 3.05) is 31.5 Å². The molecule has 1 N–H and O–H groups in total. The molecule has 2 amide bonds.